The SMILES string of the molecule is Cc1[c]c(C)c(C(F)(C(F)(F)F)C(F)(F)F)cc1. The maximum absolute atomic E-state index is 13.7. The maximum atomic E-state index is 13.7. The Hall–Kier alpha value is -1.27. The summed E-state index contributed by atoms with van der Waals surface area (Å²) in [6, 6.07) is 3.69. The summed E-state index contributed by atoms with van der Waals surface area (Å²) in [5.74, 6) is 0. The summed E-state index contributed by atoms with van der Waals surface area (Å²) in [6.07, 6.45) is -12.2. The molecule has 0 fully saturated rings. The minimum atomic E-state index is -6.08. The summed E-state index contributed by atoms with van der Waals surface area (Å²) < 4.78 is 88.4. The molecule has 0 aliphatic carbocycles. The van der Waals surface area contributed by atoms with Gasteiger partial charge in [-0.05, 0) is 31.0 Å². The third-order valence-electron chi connectivity index (χ3n) is 2.44. The van der Waals surface area contributed by atoms with Gasteiger partial charge in [-0.1, -0.05) is 12.1 Å². The molecule has 0 saturated carbocycles. The Morgan fingerprint density at radius 1 is 0.833 bits per heavy atom. The first kappa shape index (κ1) is 14.8. The van der Waals surface area contributed by atoms with Crippen LogP contribution in [0.5, 0.6) is 0 Å². The van der Waals surface area contributed by atoms with E-state index < -0.39 is 29.1 Å². The summed E-state index contributed by atoms with van der Waals surface area (Å²) >= 11 is 0. The van der Waals surface area contributed by atoms with Gasteiger partial charge in [-0.15, -0.1) is 0 Å². The van der Waals surface area contributed by atoms with Crippen molar-refractivity contribution in [2.45, 2.75) is 31.9 Å². The molecule has 101 valence electrons. The van der Waals surface area contributed by atoms with Crippen LogP contribution in [0.4, 0.5) is 30.7 Å². The lowest BCUT2D eigenvalue weighted by atomic mass is 9.89. The lowest BCUT2D eigenvalue weighted by Gasteiger charge is -2.31. The zero-order chi connectivity index (χ0) is 14.4. The van der Waals surface area contributed by atoms with Gasteiger partial charge in [0.25, 0.3) is 0 Å². The van der Waals surface area contributed by atoms with Gasteiger partial charge in [0.15, 0.2) is 0 Å². The third-order valence-corrected chi connectivity index (χ3v) is 2.44. The number of benzene rings is 1. The van der Waals surface area contributed by atoms with E-state index in [4.69, 9.17) is 0 Å². The van der Waals surface area contributed by atoms with Crippen molar-refractivity contribution in [3.05, 3.63) is 34.9 Å². The number of aryl methyl sites for hydroxylation is 2. The number of alkyl halides is 7. The van der Waals surface area contributed by atoms with E-state index >= 15 is 0 Å². The van der Waals surface area contributed by atoms with E-state index in [1.54, 1.807) is 0 Å². The first-order valence-electron chi connectivity index (χ1n) is 4.73. The van der Waals surface area contributed by atoms with Gasteiger partial charge < -0.3 is 0 Å². The largest absolute Gasteiger partial charge is 0.435 e. The predicted molar refractivity (Wildman–Crippen MR) is 49.6 cm³/mol. The van der Waals surface area contributed by atoms with Gasteiger partial charge in [0.1, 0.15) is 0 Å². The van der Waals surface area contributed by atoms with Gasteiger partial charge in [-0.3, -0.25) is 0 Å². The minimum Gasteiger partial charge on any atom is -0.218 e. The summed E-state index contributed by atoms with van der Waals surface area (Å²) in [4.78, 5) is 0. The molecular weight excluding hydrogens is 265 g/mol. The van der Waals surface area contributed by atoms with Gasteiger partial charge in [-0.25, -0.2) is 4.39 Å². The molecule has 1 aromatic rings. The van der Waals surface area contributed by atoms with Crippen molar-refractivity contribution in [1.29, 1.82) is 0 Å². The summed E-state index contributed by atoms with van der Waals surface area (Å²) in [7, 11) is 0. The first-order chi connectivity index (χ1) is 7.91. The second-order valence-corrected chi connectivity index (χ2v) is 3.83. The molecule has 1 rings (SSSR count). The second kappa shape index (κ2) is 4.13. The molecule has 0 nitrogen and oxygen atoms in total. The van der Waals surface area contributed by atoms with Crippen LogP contribution in [0, 0.1) is 19.9 Å². The summed E-state index contributed by atoms with van der Waals surface area (Å²) in [6.45, 7) is 2.38. The molecule has 0 unspecified atom stereocenters. The molecule has 1 radical (unpaired) electrons. The molecular formula is C11H8F7. The van der Waals surface area contributed by atoms with Gasteiger partial charge >= 0.3 is 18.0 Å². The first-order valence-corrected chi connectivity index (χ1v) is 4.73. The molecule has 0 heterocycles. The number of hydrogen-bond donors (Lipinski definition) is 0. The van der Waals surface area contributed by atoms with E-state index in [2.05, 4.69) is 6.07 Å². The third kappa shape index (κ3) is 2.18. The standard InChI is InChI=1S/C11H8F7/c1-6-3-4-8(7(2)5-6)9(12,10(13,14)15)11(16,17)18/h3-4H,1-2H3. The Morgan fingerprint density at radius 3 is 1.61 bits per heavy atom. The Balaban J connectivity index is 3.56. The van der Waals surface area contributed by atoms with E-state index in [-0.39, 0.29) is 0 Å². The molecule has 0 aliphatic heterocycles. The second-order valence-electron chi connectivity index (χ2n) is 3.83. The quantitative estimate of drug-likeness (QED) is 0.665. The molecule has 18 heavy (non-hydrogen) atoms. The highest BCUT2D eigenvalue weighted by Crippen LogP contribution is 2.53. The van der Waals surface area contributed by atoms with Crippen molar-refractivity contribution in [2.75, 3.05) is 0 Å². The zero-order valence-corrected chi connectivity index (χ0v) is 9.30. The lowest BCUT2D eigenvalue weighted by molar-refractivity contribution is -0.348. The Kier molecular flexibility index (Phi) is 3.40. The molecule has 0 aliphatic rings. The average molecular weight is 273 g/mol. The molecule has 0 N–H and O–H groups in total. The van der Waals surface area contributed by atoms with Crippen LogP contribution in [0.2, 0.25) is 0 Å². The van der Waals surface area contributed by atoms with Gasteiger partial charge in [0.2, 0.25) is 0 Å². The van der Waals surface area contributed by atoms with E-state index in [0.717, 1.165) is 13.0 Å². The number of rotatable bonds is 1. The fourth-order valence-electron chi connectivity index (χ4n) is 1.58. The molecule has 0 bridgehead atoms. The average Bonchev–Trinajstić information content (AvgIpc) is 2.12. The molecule has 0 spiro atoms. The smallest absolute Gasteiger partial charge is 0.218 e. The van der Waals surface area contributed by atoms with Gasteiger partial charge in [-0.2, -0.15) is 26.3 Å². The van der Waals surface area contributed by atoms with Crippen LogP contribution in [-0.2, 0) is 5.67 Å². The van der Waals surface area contributed by atoms with Crippen LogP contribution in [0.3, 0.4) is 0 Å². The van der Waals surface area contributed by atoms with Crippen molar-refractivity contribution in [2.24, 2.45) is 0 Å². The number of halogens is 7. The fraction of sp³-hybridized carbons (Fsp3) is 0.455. The van der Waals surface area contributed by atoms with Crippen LogP contribution in [0.15, 0.2) is 12.1 Å². The minimum absolute atomic E-state index is 0.322. The Labute approximate surface area is 98.4 Å². The lowest BCUT2D eigenvalue weighted by Crippen LogP contribution is -2.50. The van der Waals surface area contributed by atoms with E-state index in [1.165, 1.54) is 6.92 Å². The molecule has 7 heteroatoms. The molecule has 0 aromatic heterocycles. The van der Waals surface area contributed by atoms with Crippen LogP contribution >= 0.6 is 0 Å². The van der Waals surface area contributed by atoms with Gasteiger partial charge in [0.05, 0.1) is 0 Å². The van der Waals surface area contributed by atoms with E-state index in [9.17, 15) is 30.7 Å². The molecule has 0 saturated heterocycles. The van der Waals surface area contributed by atoms with Crippen molar-refractivity contribution in [3.8, 4) is 0 Å². The zero-order valence-electron chi connectivity index (χ0n) is 9.30. The monoisotopic (exact) mass is 273 g/mol. The van der Waals surface area contributed by atoms with Gasteiger partial charge in [0, 0.05) is 5.56 Å². The highest BCUT2D eigenvalue weighted by molar-refractivity contribution is 5.36. The molecule has 0 atom stereocenters. The van der Waals surface area contributed by atoms with Crippen molar-refractivity contribution < 1.29 is 30.7 Å². The van der Waals surface area contributed by atoms with Crippen LogP contribution in [-0.4, -0.2) is 12.4 Å². The molecule has 1 aromatic carbocycles. The van der Waals surface area contributed by atoms with Crippen LogP contribution in [0.25, 0.3) is 0 Å². The summed E-state index contributed by atoms with van der Waals surface area (Å²) in [5, 5.41) is 0. The predicted octanol–water partition coefficient (Wildman–Crippen LogP) is 4.39. The highest BCUT2D eigenvalue weighted by Gasteiger charge is 2.73. The normalized spacial score (nSPS) is 13.8. The van der Waals surface area contributed by atoms with E-state index in [1.807, 2.05) is 0 Å². The maximum Gasteiger partial charge on any atom is 0.435 e. The van der Waals surface area contributed by atoms with Crippen molar-refractivity contribution >= 4 is 0 Å². The Morgan fingerprint density at radius 2 is 1.28 bits per heavy atom. The number of hydrogen-bond acceptors (Lipinski definition) is 0. The van der Waals surface area contributed by atoms with Crippen LogP contribution < -0.4 is 0 Å². The Bertz CT molecular complexity index is 428. The van der Waals surface area contributed by atoms with Crippen LogP contribution in [0.1, 0.15) is 16.7 Å². The van der Waals surface area contributed by atoms with Crippen molar-refractivity contribution in [3.63, 3.8) is 0 Å². The highest BCUT2D eigenvalue weighted by atomic mass is 19.4. The van der Waals surface area contributed by atoms with Crippen molar-refractivity contribution in [1.82, 2.24) is 0 Å². The summed E-state index contributed by atoms with van der Waals surface area (Å²) in [5.41, 5.74) is -7.06. The fourth-order valence-corrected chi connectivity index (χ4v) is 1.58. The van der Waals surface area contributed by atoms with E-state index in [0.29, 0.717) is 11.6 Å². The topological polar surface area (TPSA) is 0 Å². The molecule has 0 amide bonds.